The summed E-state index contributed by atoms with van der Waals surface area (Å²) < 4.78 is 9.00. The first-order chi connectivity index (χ1) is 22.2. The van der Waals surface area contributed by atoms with Crippen LogP contribution in [0.15, 0.2) is 17.3 Å². The number of nitrogens with zero attached hydrogens (tertiary/aromatic N) is 5. The number of amides is 3. The molecule has 6 rings (SSSR count). The molecular formula is C26H22N6O14S. The number of benzene rings is 1. The lowest BCUT2D eigenvalue weighted by Gasteiger charge is -2.34. The number of nitrogens with two attached hydrogens (primary N) is 1. The number of anilines is 1. The first kappa shape index (κ1) is 31.3. The van der Waals surface area contributed by atoms with E-state index in [1.54, 1.807) is 0 Å². The Kier molecular flexibility index (Phi) is 7.31. The number of hydrogen-bond donors (Lipinski definition) is 5. The number of rotatable bonds is 10. The summed E-state index contributed by atoms with van der Waals surface area (Å²) in [5, 5.41) is 43.1. The zero-order chi connectivity index (χ0) is 34.0. The van der Waals surface area contributed by atoms with Gasteiger partial charge >= 0.3 is 23.6 Å². The number of phenolic OH excluding ortho intramolecular Hbond substituents is 2. The Balaban J connectivity index is 1.22. The molecule has 3 fully saturated rings. The minimum atomic E-state index is -2.88. The first-order valence-electron chi connectivity index (χ1n) is 13.7. The summed E-state index contributed by atoms with van der Waals surface area (Å²) in [5.74, 6) is -12.0. The minimum Gasteiger partial charge on any atom is -0.504 e. The molecule has 1 aromatic carbocycles. The summed E-state index contributed by atoms with van der Waals surface area (Å²) >= 11 is 0.703. The van der Waals surface area contributed by atoms with E-state index in [4.69, 9.17) is 20.1 Å². The third kappa shape index (κ3) is 4.86. The molecule has 4 heterocycles. The average Bonchev–Trinajstić information content (AvgIpc) is 3.72. The number of ether oxygens (including phenoxy) is 1. The Labute approximate surface area is 265 Å². The monoisotopic (exact) mass is 674 g/mol. The van der Waals surface area contributed by atoms with Gasteiger partial charge in [0.25, 0.3) is 17.7 Å². The van der Waals surface area contributed by atoms with Crippen molar-refractivity contribution in [1.82, 2.24) is 19.3 Å². The molecule has 0 spiro atoms. The number of phenols is 2. The topological polar surface area (TPSA) is 299 Å². The number of ketones is 1. The predicted octanol–water partition coefficient (Wildman–Crippen LogP) is -0.999. The number of fused-ring (bicyclic) bond motifs is 1. The molecule has 1 aromatic heterocycles. The van der Waals surface area contributed by atoms with Crippen molar-refractivity contribution in [2.75, 3.05) is 12.3 Å². The van der Waals surface area contributed by atoms with Gasteiger partial charge in [0, 0.05) is 30.8 Å². The van der Waals surface area contributed by atoms with Crippen LogP contribution in [0.3, 0.4) is 0 Å². The molecule has 2 aromatic rings. The fraction of sp³-hybridized carbons (Fsp3) is 0.385. The van der Waals surface area contributed by atoms with Gasteiger partial charge in [-0.2, -0.15) is 14.4 Å². The van der Waals surface area contributed by atoms with Crippen molar-refractivity contribution in [3.8, 4) is 11.5 Å². The molecule has 1 aliphatic carbocycles. The van der Waals surface area contributed by atoms with Gasteiger partial charge in [0.05, 0.1) is 30.1 Å². The number of imide groups is 1. The number of carbonyl (C=O) groups is 7. The maximum Gasteiger partial charge on any atom is 0.372 e. The molecule has 4 aliphatic rings. The highest BCUT2D eigenvalue weighted by Crippen LogP contribution is 2.42. The molecule has 3 amide bonds. The molecular weight excluding hydrogens is 652 g/mol. The molecule has 0 radical (unpaired) electrons. The van der Waals surface area contributed by atoms with Gasteiger partial charge in [0.15, 0.2) is 28.1 Å². The zero-order valence-electron chi connectivity index (χ0n) is 23.6. The van der Waals surface area contributed by atoms with Crippen LogP contribution >= 0.6 is 11.5 Å². The number of carbonyl (C=O) groups excluding carboxylic acids is 5. The quantitative estimate of drug-likeness (QED) is 0.0663. The summed E-state index contributed by atoms with van der Waals surface area (Å²) in [6, 6.07) is -0.267. The number of oxime groups is 1. The van der Waals surface area contributed by atoms with Gasteiger partial charge in [0.2, 0.25) is 11.4 Å². The second-order valence-electron chi connectivity index (χ2n) is 11.0. The lowest BCUT2D eigenvalue weighted by atomic mass is 9.80. The minimum absolute atomic E-state index is 0.0591. The zero-order valence-corrected chi connectivity index (χ0v) is 24.5. The Morgan fingerprint density at radius 1 is 1.06 bits per heavy atom. The molecule has 246 valence electrons. The van der Waals surface area contributed by atoms with Crippen molar-refractivity contribution >= 4 is 63.8 Å². The van der Waals surface area contributed by atoms with E-state index in [0.717, 1.165) is 12.1 Å². The van der Waals surface area contributed by atoms with Crippen molar-refractivity contribution in [3.63, 3.8) is 0 Å². The van der Waals surface area contributed by atoms with Crippen LogP contribution in [0.4, 0.5) is 5.13 Å². The molecule has 2 saturated heterocycles. The number of esters is 1. The van der Waals surface area contributed by atoms with E-state index < -0.39 is 101 Å². The largest absolute Gasteiger partial charge is 0.504 e. The van der Waals surface area contributed by atoms with E-state index in [1.165, 1.54) is 0 Å². The SMILES string of the molecule is Nc1nc(/C(=N/OC2(C(=O)O)CCC2)C(=O)C[C@H]2CON(C3(C(=O)O)CC(N4C(=O)c5cc(O)c(O)cc5C4=O)C(=O)O3)C2=O)ns1. The van der Waals surface area contributed by atoms with Crippen LogP contribution in [0.1, 0.15) is 58.6 Å². The van der Waals surface area contributed by atoms with E-state index in [2.05, 4.69) is 14.5 Å². The second kappa shape index (κ2) is 11.0. The smallest absolute Gasteiger partial charge is 0.372 e. The molecule has 21 heteroatoms. The highest BCUT2D eigenvalue weighted by Gasteiger charge is 2.65. The summed E-state index contributed by atoms with van der Waals surface area (Å²) in [6.07, 6.45) is -0.904. The van der Waals surface area contributed by atoms with E-state index in [0.29, 0.717) is 22.9 Å². The van der Waals surface area contributed by atoms with Crippen LogP contribution < -0.4 is 5.73 Å². The van der Waals surface area contributed by atoms with Crippen molar-refractivity contribution in [2.45, 2.75) is 49.5 Å². The molecule has 1 saturated carbocycles. The highest BCUT2D eigenvalue weighted by molar-refractivity contribution is 7.09. The number of aromatic hydroxyl groups is 2. The molecule has 47 heavy (non-hydrogen) atoms. The number of Topliss-reactive ketones (excluding diaryl/α,β-unsaturated/α-hetero) is 1. The first-order valence-corrected chi connectivity index (χ1v) is 14.5. The molecule has 3 aliphatic heterocycles. The van der Waals surface area contributed by atoms with Gasteiger partial charge in [-0.05, 0) is 18.6 Å². The number of aromatic nitrogens is 2. The molecule has 20 nitrogen and oxygen atoms in total. The van der Waals surface area contributed by atoms with E-state index in [9.17, 15) is 54.0 Å². The van der Waals surface area contributed by atoms with Gasteiger partial charge < -0.3 is 35.7 Å². The summed E-state index contributed by atoms with van der Waals surface area (Å²) in [7, 11) is 0. The summed E-state index contributed by atoms with van der Waals surface area (Å²) in [6.45, 7) is -0.590. The fourth-order valence-corrected chi connectivity index (χ4v) is 5.90. The van der Waals surface area contributed by atoms with E-state index >= 15 is 0 Å². The van der Waals surface area contributed by atoms with Crippen molar-refractivity contribution in [3.05, 3.63) is 29.1 Å². The molecule has 3 atom stereocenters. The molecule has 6 N–H and O–H groups in total. The second-order valence-corrected chi connectivity index (χ2v) is 11.8. The fourth-order valence-electron chi connectivity index (χ4n) is 5.46. The average molecular weight is 675 g/mol. The van der Waals surface area contributed by atoms with Crippen molar-refractivity contribution in [1.29, 1.82) is 0 Å². The number of aliphatic carboxylic acids is 2. The lowest BCUT2D eigenvalue weighted by Crippen LogP contribution is -2.56. The number of hydrogen-bond acceptors (Lipinski definition) is 17. The van der Waals surface area contributed by atoms with Gasteiger partial charge in [-0.1, -0.05) is 5.16 Å². The summed E-state index contributed by atoms with van der Waals surface area (Å²) in [4.78, 5) is 105. The van der Waals surface area contributed by atoms with Crippen molar-refractivity contribution < 1.29 is 68.4 Å². The van der Waals surface area contributed by atoms with Crippen LogP contribution in [0.2, 0.25) is 0 Å². The predicted molar refractivity (Wildman–Crippen MR) is 147 cm³/mol. The number of hydroxylamine groups is 2. The Hall–Kier alpha value is -5.70. The van der Waals surface area contributed by atoms with E-state index in [1.807, 2.05) is 0 Å². The Morgan fingerprint density at radius 2 is 1.70 bits per heavy atom. The molecule has 2 unspecified atom stereocenters. The number of cyclic esters (lactones) is 1. The lowest BCUT2D eigenvalue weighted by molar-refractivity contribution is -0.256. The van der Waals surface area contributed by atoms with Crippen LogP contribution in [0.25, 0.3) is 0 Å². The number of carboxylic acids is 2. The summed E-state index contributed by atoms with van der Waals surface area (Å²) in [5.41, 5.74) is -0.229. The maximum absolute atomic E-state index is 13.5. The molecule has 0 bridgehead atoms. The van der Waals surface area contributed by atoms with Crippen LogP contribution in [0.5, 0.6) is 11.5 Å². The standard InChI is InChI=1S/C26H22N6O14S/c27-24-28-17(30-47-24)16(29-46-25(22(40)41)2-1-3-25)15(35)4-9-8-44-32(18(9)36)26(23(42)43)7-12(21(39)45-26)31-19(37)10-5-13(33)14(34)6-11(10)20(31)38/h5-6,9,12,33-34H,1-4,7-8H2,(H,40,41)(H,42,43)(H2,27,28,30)/b29-16+/t9-,12?,26?/m0/s1. The van der Waals surface area contributed by atoms with Gasteiger partial charge in [-0.25, -0.2) is 14.4 Å². The number of carboxylic acid groups (broad SMARTS) is 2. The van der Waals surface area contributed by atoms with Gasteiger partial charge in [-0.3, -0.25) is 28.9 Å². The Bertz CT molecular complexity index is 1780. The third-order valence-corrected chi connectivity index (χ3v) is 8.71. The normalized spacial score (nSPS) is 25.1. The van der Waals surface area contributed by atoms with Crippen LogP contribution in [0, 0.1) is 5.92 Å². The van der Waals surface area contributed by atoms with Crippen LogP contribution in [-0.4, -0.2) is 111 Å². The number of nitrogen functional groups attached to an aromatic ring is 1. The highest BCUT2D eigenvalue weighted by atomic mass is 32.1. The van der Waals surface area contributed by atoms with Gasteiger partial charge in [0.1, 0.15) is 6.04 Å². The van der Waals surface area contributed by atoms with Crippen LogP contribution in [-0.2, 0) is 38.4 Å². The van der Waals surface area contributed by atoms with Crippen molar-refractivity contribution in [2.24, 2.45) is 11.1 Å². The Morgan fingerprint density at radius 3 is 2.21 bits per heavy atom. The maximum atomic E-state index is 13.5. The van der Waals surface area contributed by atoms with Gasteiger partial charge in [-0.15, -0.1) is 0 Å². The third-order valence-electron chi connectivity index (χ3n) is 8.16. The van der Waals surface area contributed by atoms with E-state index in [-0.39, 0.29) is 40.0 Å².